The molecule has 2 aromatic heterocycles. The van der Waals surface area contributed by atoms with Crippen LogP contribution in [0.5, 0.6) is 0 Å². The second-order valence-electron chi connectivity index (χ2n) is 6.34. The Hall–Kier alpha value is -4.15. The fourth-order valence-corrected chi connectivity index (χ4v) is 3.27. The quantitative estimate of drug-likeness (QED) is 0.241. The first-order valence-electron chi connectivity index (χ1n) is 8.74. The molecule has 0 saturated carbocycles. The highest BCUT2D eigenvalue weighted by molar-refractivity contribution is 6.32. The maximum atomic E-state index is 12.6. The van der Waals surface area contributed by atoms with Gasteiger partial charge in [0.25, 0.3) is 11.6 Å². The molecule has 30 heavy (non-hydrogen) atoms. The number of allylic oxidation sites excluding steroid dienone is 1. The number of halogens is 1. The van der Waals surface area contributed by atoms with Crippen LogP contribution in [-0.4, -0.2) is 15.4 Å². The lowest BCUT2D eigenvalue weighted by atomic mass is 10.1. The monoisotopic (exact) mass is 417 g/mol. The average molecular weight is 418 g/mol. The first kappa shape index (κ1) is 19.2. The normalized spacial score (nSPS) is 11.1. The Kier molecular flexibility index (Phi) is 4.92. The molecule has 0 radical (unpaired) electrons. The minimum atomic E-state index is -0.564. The molecule has 0 fully saturated rings. The molecular weight excluding hydrogens is 406 g/mol. The van der Waals surface area contributed by atoms with Gasteiger partial charge in [0.2, 0.25) is 0 Å². The van der Waals surface area contributed by atoms with Gasteiger partial charge in [0.05, 0.1) is 16.0 Å². The van der Waals surface area contributed by atoms with E-state index >= 15 is 0 Å². The maximum absolute atomic E-state index is 12.6. The van der Waals surface area contributed by atoms with Crippen LogP contribution in [0.15, 0.2) is 71.3 Å². The van der Waals surface area contributed by atoms with E-state index < -0.39 is 4.92 Å². The van der Waals surface area contributed by atoms with E-state index in [1.165, 1.54) is 35.0 Å². The molecule has 0 N–H and O–H groups in total. The van der Waals surface area contributed by atoms with E-state index in [9.17, 15) is 20.2 Å². The predicted octanol–water partition coefficient (Wildman–Crippen LogP) is 5.69. The van der Waals surface area contributed by atoms with Crippen LogP contribution in [0.4, 0.5) is 5.69 Å². The molecule has 0 unspecified atom stereocenters. The van der Waals surface area contributed by atoms with Gasteiger partial charge in [-0.3, -0.25) is 19.5 Å². The minimum Gasteiger partial charge on any atom is -0.457 e. The molecule has 0 aliphatic carbocycles. The lowest BCUT2D eigenvalue weighted by Crippen LogP contribution is -2.04. The zero-order valence-electron chi connectivity index (χ0n) is 15.3. The van der Waals surface area contributed by atoms with E-state index in [4.69, 9.17) is 16.0 Å². The Morgan fingerprint density at radius 3 is 2.77 bits per heavy atom. The molecule has 0 bridgehead atoms. The summed E-state index contributed by atoms with van der Waals surface area (Å²) in [5, 5.41) is 21.1. The fourth-order valence-electron chi connectivity index (χ4n) is 3.09. The van der Waals surface area contributed by atoms with Gasteiger partial charge in [-0.1, -0.05) is 29.8 Å². The summed E-state index contributed by atoms with van der Waals surface area (Å²) in [7, 11) is 0. The van der Waals surface area contributed by atoms with E-state index in [0.29, 0.717) is 33.6 Å². The number of nitriles is 1. The third-order valence-corrected chi connectivity index (χ3v) is 4.83. The van der Waals surface area contributed by atoms with Crippen molar-refractivity contribution in [2.75, 3.05) is 0 Å². The molecule has 7 nitrogen and oxygen atoms in total. The highest BCUT2D eigenvalue weighted by Gasteiger charge is 2.15. The number of carbonyl (C=O) groups is 1. The number of nitro benzene ring substituents is 1. The summed E-state index contributed by atoms with van der Waals surface area (Å²) in [6.07, 6.45) is 4.33. The number of rotatable bonds is 4. The predicted molar refractivity (Wildman–Crippen MR) is 112 cm³/mol. The maximum Gasteiger partial charge on any atom is 0.288 e. The highest BCUT2D eigenvalue weighted by Crippen LogP contribution is 2.31. The molecule has 0 atom stereocenters. The molecule has 146 valence electrons. The Morgan fingerprint density at radius 1 is 1.20 bits per heavy atom. The van der Waals surface area contributed by atoms with Gasteiger partial charge in [-0.2, -0.15) is 5.26 Å². The van der Waals surface area contributed by atoms with Crippen LogP contribution < -0.4 is 0 Å². The Labute approximate surface area is 175 Å². The second kappa shape index (κ2) is 7.70. The van der Waals surface area contributed by atoms with Crippen molar-refractivity contribution in [2.24, 2.45) is 0 Å². The highest BCUT2D eigenvalue weighted by atomic mass is 35.5. The van der Waals surface area contributed by atoms with Gasteiger partial charge >= 0.3 is 0 Å². The lowest BCUT2D eigenvalue weighted by molar-refractivity contribution is -0.384. The third kappa shape index (κ3) is 3.48. The summed E-state index contributed by atoms with van der Waals surface area (Å²) < 4.78 is 7.08. The van der Waals surface area contributed by atoms with E-state index in [1.54, 1.807) is 42.5 Å². The van der Waals surface area contributed by atoms with Gasteiger partial charge in [0.1, 0.15) is 22.6 Å². The molecule has 0 spiro atoms. The summed E-state index contributed by atoms with van der Waals surface area (Å²) in [6, 6.07) is 16.9. The van der Waals surface area contributed by atoms with Gasteiger partial charge in [-0.05, 0) is 36.4 Å². The SMILES string of the molecule is N#Cc1cn(C(=O)/C=C/c2ccc(-c3ccc(Cl)c([N+](=O)[O-])c3)o2)c2ccccc12. The molecule has 0 aliphatic rings. The van der Waals surface area contributed by atoms with Crippen molar-refractivity contribution < 1.29 is 14.1 Å². The van der Waals surface area contributed by atoms with E-state index in [0.717, 1.165) is 0 Å². The smallest absolute Gasteiger partial charge is 0.288 e. The summed E-state index contributed by atoms with van der Waals surface area (Å²) in [5.74, 6) is 0.459. The van der Waals surface area contributed by atoms with E-state index in [-0.39, 0.29) is 16.6 Å². The number of hydrogen-bond acceptors (Lipinski definition) is 5. The van der Waals surface area contributed by atoms with Crippen molar-refractivity contribution in [1.82, 2.24) is 4.57 Å². The standard InChI is InChI=1S/C22H12ClN3O4/c23-18-8-5-14(11-20(18)26(28)29)21-9-6-16(30-21)7-10-22(27)25-13-15(12-24)17-3-1-2-4-19(17)25/h1-11,13H/b10-7+. The van der Waals surface area contributed by atoms with Gasteiger partial charge in [0.15, 0.2) is 0 Å². The van der Waals surface area contributed by atoms with Gasteiger partial charge < -0.3 is 4.42 Å². The van der Waals surface area contributed by atoms with Crippen molar-refractivity contribution in [3.8, 4) is 17.4 Å². The van der Waals surface area contributed by atoms with Crippen LogP contribution in [0.1, 0.15) is 16.1 Å². The second-order valence-corrected chi connectivity index (χ2v) is 6.75. The first-order chi connectivity index (χ1) is 14.5. The molecule has 4 aromatic rings. The van der Waals surface area contributed by atoms with Crippen LogP contribution in [0.25, 0.3) is 28.3 Å². The number of para-hydroxylation sites is 1. The summed E-state index contributed by atoms with van der Waals surface area (Å²) >= 11 is 5.84. The summed E-state index contributed by atoms with van der Waals surface area (Å²) in [5.41, 5.74) is 1.33. The van der Waals surface area contributed by atoms with Crippen LogP contribution in [0.2, 0.25) is 5.02 Å². The van der Waals surface area contributed by atoms with Crippen molar-refractivity contribution in [3.05, 3.63) is 93.3 Å². The zero-order valence-corrected chi connectivity index (χ0v) is 16.0. The lowest BCUT2D eigenvalue weighted by Gasteiger charge is -2.00. The third-order valence-electron chi connectivity index (χ3n) is 4.51. The van der Waals surface area contributed by atoms with Crippen molar-refractivity contribution in [3.63, 3.8) is 0 Å². The molecule has 0 aliphatic heterocycles. The fraction of sp³-hybridized carbons (Fsp3) is 0. The minimum absolute atomic E-state index is 0.0386. The Balaban J connectivity index is 1.60. The van der Waals surface area contributed by atoms with Crippen molar-refractivity contribution in [1.29, 1.82) is 5.26 Å². The zero-order chi connectivity index (χ0) is 21.3. The summed E-state index contributed by atoms with van der Waals surface area (Å²) in [6.45, 7) is 0. The first-order valence-corrected chi connectivity index (χ1v) is 9.12. The van der Waals surface area contributed by atoms with Crippen LogP contribution in [0.3, 0.4) is 0 Å². The number of aromatic nitrogens is 1. The molecule has 0 amide bonds. The van der Waals surface area contributed by atoms with Crippen molar-refractivity contribution in [2.45, 2.75) is 0 Å². The summed E-state index contributed by atoms with van der Waals surface area (Å²) in [4.78, 5) is 23.1. The molecule has 8 heteroatoms. The number of nitro groups is 1. The number of benzene rings is 2. The number of carbonyl (C=O) groups excluding carboxylic acids is 1. The van der Waals surface area contributed by atoms with Crippen LogP contribution in [0, 0.1) is 21.4 Å². The van der Waals surface area contributed by atoms with Gasteiger partial charge in [0, 0.05) is 29.3 Å². The van der Waals surface area contributed by atoms with Crippen LogP contribution >= 0.6 is 11.6 Å². The van der Waals surface area contributed by atoms with Gasteiger partial charge in [-0.25, -0.2) is 0 Å². The van der Waals surface area contributed by atoms with E-state index in [1.807, 2.05) is 0 Å². The van der Waals surface area contributed by atoms with E-state index in [2.05, 4.69) is 6.07 Å². The molecule has 2 aromatic carbocycles. The molecular formula is C22H12ClN3O4. The molecule has 0 saturated heterocycles. The Morgan fingerprint density at radius 2 is 2.00 bits per heavy atom. The van der Waals surface area contributed by atoms with Crippen molar-refractivity contribution >= 4 is 40.2 Å². The largest absolute Gasteiger partial charge is 0.457 e. The van der Waals surface area contributed by atoms with Gasteiger partial charge in [-0.15, -0.1) is 0 Å². The molecule has 4 rings (SSSR count). The molecule has 2 heterocycles. The number of hydrogen-bond donors (Lipinski definition) is 0. The number of nitrogens with zero attached hydrogens (tertiary/aromatic N) is 3. The van der Waals surface area contributed by atoms with Crippen LogP contribution in [-0.2, 0) is 0 Å². The number of furan rings is 1. The number of fused-ring (bicyclic) bond motifs is 1. The topological polar surface area (TPSA) is 102 Å². The average Bonchev–Trinajstić information content (AvgIpc) is 3.37. The Bertz CT molecular complexity index is 1370.